The van der Waals surface area contributed by atoms with E-state index < -0.39 is 11.9 Å². The number of rotatable bonds is 3. The van der Waals surface area contributed by atoms with E-state index in [9.17, 15) is 9.59 Å². The summed E-state index contributed by atoms with van der Waals surface area (Å²) in [4.78, 5) is 28.4. The summed E-state index contributed by atoms with van der Waals surface area (Å²) in [6.45, 7) is 1.56. The highest BCUT2D eigenvalue weighted by atomic mass is 16.2. The summed E-state index contributed by atoms with van der Waals surface area (Å²) in [6, 6.07) is 14.1. The molecule has 0 bridgehead atoms. The molecule has 0 aliphatic rings. The van der Waals surface area contributed by atoms with Gasteiger partial charge in [0.25, 0.3) is 5.91 Å². The predicted octanol–water partition coefficient (Wildman–Crippen LogP) is 1.99. The minimum absolute atomic E-state index is 0.332. The quantitative estimate of drug-likeness (QED) is 0.724. The van der Waals surface area contributed by atoms with Crippen molar-refractivity contribution < 1.29 is 9.59 Å². The topological polar surface area (TPSA) is 85.1 Å². The molecule has 0 fully saturated rings. The van der Waals surface area contributed by atoms with Gasteiger partial charge in [-0.05, 0) is 19.1 Å². The van der Waals surface area contributed by atoms with Crippen LogP contribution in [0, 0.1) is 0 Å². The Morgan fingerprint density at radius 2 is 1.50 bits per heavy atom. The monoisotopic (exact) mass is 293 g/mol. The molecule has 2 aromatic carbocycles. The lowest BCUT2D eigenvalue weighted by atomic mass is 10.0. The van der Waals surface area contributed by atoms with Crippen LogP contribution in [-0.4, -0.2) is 22.8 Å². The van der Waals surface area contributed by atoms with Gasteiger partial charge in [-0.3, -0.25) is 9.59 Å². The summed E-state index contributed by atoms with van der Waals surface area (Å²) in [6.07, 6.45) is 0. The first-order valence-electron chi connectivity index (χ1n) is 6.95. The summed E-state index contributed by atoms with van der Waals surface area (Å²) in [5.41, 5.74) is 7.20. The molecular weight excluding hydrogens is 278 g/mol. The number of hydrogen-bond donors (Lipinski definition) is 2. The van der Waals surface area contributed by atoms with Gasteiger partial charge in [-0.25, -0.2) is 4.98 Å². The first kappa shape index (κ1) is 14.0. The lowest BCUT2D eigenvalue weighted by Crippen LogP contribution is -2.42. The van der Waals surface area contributed by atoms with E-state index in [0.29, 0.717) is 5.56 Å². The highest BCUT2D eigenvalue weighted by Crippen LogP contribution is 2.25. The average Bonchev–Trinajstić information content (AvgIpc) is 2.52. The number of benzene rings is 2. The van der Waals surface area contributed by atoms with Crippen molar-refractivity contribution >= 4 is 33.6 Å². The Bertz CT molecular complexity index is 835. The first-order chi connectivity index (χ1) is 10.6. The zero-order valence-corrected chi connectivity index (χ0v) is 12.0. The molecule has 1 aromatic heterocycles. The fourth-order valence-electron chi connectivity index (χ4n) is 2.42. The number of pyridine rings is 1. The molecule has 0 saturated heterocycles. The Hall–Kier alpha value is -2.95. The molecule has 0 aliphatic heterocycles. The van der Waals surface area contributed by atoms with Gasteiger partial charge in [0.2, 0.25) is 5.91 Å². The van der Waals surface area contributed by atoms with Crippen LogP contribution >= 0.6 is 0 Å². The van der Waals surface area contributed by atoms with Crippen molar-refractivity contribution in [2.24, 2.45) is 5.73 Å². The van der Waals surface area contributed by atoms with Crippen LogP contribution in [0.5, 0.6) is 0 Å². The Morgan fingerprint density at radius 3 is 2.00 bits per heavy atom. The Morgan fingerprint density at radius 1 is 1.00 bits per heavy atom. The van der Waals surface area contributed by atoms with Crippen LogP contribution in [-0.2, 0) is 4.79 Å². The molecule has 0 saturated carbocycles. The zero-order valence-electron chi connectivity index (χ0n) is 12.0. The van der Waals surface area contributed by atoms with Crippen molar-refractivity contribution in [1.29, 1.82) is 0 Å². The van der Waals surface area contributed by atoms with Crippen molar-refractivity contribution in [3.63, 3.8) is 0 Å². The van der Waals surface area contributed by atoms with Crippen molar-refractivity contribution in [1.82, 2.24) is 10.3 Å². The standard InChI is InChI=1S/C17H15N3O2/c1-10(16(18)21)19-17(22)15-11-6-2-4-8-13(11)20-14-9-5-3-7-12(14)15/h2-10H,1H3,(H2,18,21)(H,19,22)/t10-/m0/s1. The van der Waals surface area contributed by atoms with Gasteiger partial charge in [0, 0.05) is 10.8 Å². The van der Waals surface area contributed by atoms with Crippen LogP contribution in [0.15, 0.2) is 48.5 Å². The van der Waals surface area contributed by atoms with Gasteiger partial charge in [0.05, 0.1) is 16.6 Å². The maximum atomic E-state index is 12.6. The Kier molecular flexibility index (Phi) is 3.47. The van der Waals surface area contributed by atoms with E-state index in [4.69, 9.17) is 5.73 Å². The molecule has 0 aliphatic carbocycles. The molecule has 3 rings (SSSR count). The first-order valence-corrected chi connectivity index (χ1v) is 6.95. The van der Waals surface area contributed by atoms with Gasteiger partial charge in [0.1, 0.15) is 6.04 Å². The third-order valence-electron chi connectivity index (χ3n) is 3.59. The van der Waals surface area contributed by atoms with E-state index >= 15 is 0 Å². The minimum Gasteiger partial charge on any atom is -0.368 e. The smallest absolute Gasteiger partial charge is 0.253 e. The fraction of sp³-hybridized carbons (Fsp3) is 0.118. The van der Waals surface area contributed by atoms with Crippen LogP contribution in [0.2, 0.25) is 0 Å². The van der Waals surface area contributed by atoms with Crippen molar-refractivity contribution in [2.45, 2.75) is 13.0 Å². The summed E-state index contributed by atoms with van der Waals surface area (Å²) >= 11 is 0. The number of aromatic nitrogens is 1. The minimum atomic E-state index is -0.738. The van der Waals surface area contributed by atoms with E-state index in [1.165, 1.54) is 0 Å². The van der Waals surface area contributed by atoms with Crippen LogP contribution in [0.4, 0.5) is 0 Å². The van der Waals surface area contributed by atoms with Crippen molar-refractivity contribution in [2.75, 3.05) is 0 Å². The van der Waals surface area contributed by atoms with E-state index in [1.807, 2.05) is 48.5 Å². The van der Waals surface area contributed by atoms with Crippen LogP contribution < -0.4 is 11.1 Å². The fourth-order valence-corrected chi connectivity index (χ4v) is 2.42. The molecule has 0 radical (unpaired) electrons. The number of primary amides is 1. The zero-order chi connectivity index (χ0) is 15.7. The second-order valence-corrected chi connectivity index (χ2v) is 5.12. The molecule has 1 atom stereocenters. The number of carbonyl (C=O) groups excluding carboxylic acids is 2. The lowest BCUT2D eigenvalue weighted by Gasteiger charge is -2.14. The normalized spacial score (nSPS) is 12.2. The summed E-state index contributed by atoms with van der Waals surface area (Å²) in [7, 11) is 0. The van der Waals surface area contributed by atoms with E-state index in [0.717, 1.165) is 21.8 Å². The maximum Gasteiger partial charge on any atom is 0.253 e. The molecule has 0 unspecified atom stereocenters. The van der Waals surface area contributed by atoms with Gasteiger partial charge in [-0.15, -0.1) is 0 Å². The number of para-hydroxylation sites is 2. The number of amides is 2. The summed E-state index contributed by atoms with van der Waals surface area (Å²) in [5, 5.41) is 4.13. The van der Waals surface area contributed by atoms with E-state index in [-0.39, 0.29) is 5.91 Å². The highest BCUT2D eigenvalue weighted by Gasteiger charge is 2.19. The number of fused-ring (bicyclic) bond motifs is 2. The number of nitrogens with two attached hydrogens (primary N) is 1. The molecule has 3 N–H and O–H groups in total. The Labute approximate surface area is 127 Å². The highest BCUT2D eigenvalue weighted by molar-refractivity contribution is 6.16. The van der Waals surface area contributed by atoms with E-state index in [2.05, 4.69) is 10.3 Å². The molecule has 22 heavy (non-hydrogen) atoms. The molecule has 1 heterocycles. The number of carbonyl (C=O) groups is 2. The summed E-state index contributed by atoms with van der Waals surface area (Å²) in [5.74, 6) is -0.905. The van der Waals surface area contributed by atoms with Crippen LogP contribution in [0.1, 0.15) is 17.3 Å². The lowest BCUT2D eigenvalue weighted by molar-refractivity contribution is -0.119. The van der Waals surface area contributed by atoms with Crippen molar-refractivity contribution in [3.8, 4) is 0 Å². The van der Waals surface area contributed by atoms with Crippen molar-refractivity contribution in [3.05, 3.63) is 54.1 Å². The van der Waals surface area contributed by atoms with E-state index in [1.54, 1.807) is 6.92 Å². The predicted molar refractivity (Wildman–Crippen MR) is 85.4 cm³/mol. The van der Waals surface area contributed by atoms with Gasteiger partial charge < -0.3 is 11.1 Å². The Balaban J connectivity index is 2.24. The number of hydrogen-bond acceptors (Lipinski definition) is 3. The van der Waals surface area contributed by atoms with Crippen LogP contribution in [0.25, 0.3) is 21.8 Å². The molecule has 3 aromatic rings. The molecule has 0 spiro atoms. The van der Waals surface area contributed by atoms with Gasteiger partial charge in [-0.1, -0.05) is 36.4 Å². The number of nitrogens with one attached hydrogen (secondary N) is 1. The molecular formula is C17H15N3O2. The number of nitrogens with zero attached hydrogens (tertiary/aromatic N) is 1. The summed E-state index contributed by atoms with van der Waals surface area (Å²) < 4.78 is 0. The molecule has 5 heteroatoms. The average molecular weight is 293 g/mol. The second-order valence-electron chi connectivity index (χ2n) is 5.12. The maximum absolute atomic E-state index is 12.6. The molecule has 2 amide bonds. The van der Waals surface area contributed by atoms with Gasteiger partial charge >= 0.3 is 0 Å². The largest absolute Gasteiger partial charge is 0.368 e. The third kappa shape index (κ3) is 2.37. The molecule has 110 valence electrons. The van der Waals surface area contributed by atoms with Gasteiger partial charge in [0.15, 0.2) is 0 Å². The van der Waals surface area contributed by atoms with Crippen LogP contribution in [0.3, 0.4) is 0 Å². The second kappa shape index (κ2) is 5.44. The SMILES string of the molecule is C[C@H](NC(=O)c1c2ccccc2nc2ccccc12)C(N)=O. The third-order valence-corrected chi connectivity index (χ3v) is 3.59. The molecule has 5 nitrogen and oxygen atoms in total. The van der Waals surface area contributed by atoms with Gasteiger partial charge in [-0.2, -0.15) is 0 Å².